The van der Waals surface area contributed by atoms with Gasteiger partial charge in [0.05, 0.1) is 13.2 Å². The number of benzene rings is 1. The summed E-state index contributed by atoms with van der Waals surface area (Å²) in [5.41, 5.74) is 1.08. The number of ether oxygens (including phenoxy) is 1. The van der Waals surface area contributed by atoms with E-state index in [1.54, 1.807) is 0 Å². The first-order valence-electron chi connectivity index (χ1n) is 9.94. The minimum Gasteiger partial charge on any atom is -0.378 e. The summed E-state index contributed by atoms with van der Waals surface area (Å²) in [6.07, 6.45) is 3.35. The molecule has 28 heavy (non-hydrogen) atoms. The molecule has 2 aliphatic heterocycles. The van der Waals surface area contributed by atoms with E-state index >= 15 is 0 Å². The standard InChI is InChI=1S/C20H26N4O4/c25-17(7-10-24-18(26)20(22-19(24)27)8-1-2-9-20)21-15-3-5-16(6-4-15)23-11-13-28-14-12-23/h3-6H,1-2,7-14H2,(H,21,25)(H,22,27). The Labute approximate surface area is 164 Å². The molecule has 1 aromatic rings. The second-order valence-electron chi connectivity index (χ2n) is 7.62. The van der Waals surface area contributed by atoms with E-state index in [1.807, 2.05) is 24.3 Å². The molecule has 1 spiro atoms. The van der Waals surface area contributed by atoms with E-state index in [4.69, 9.17) is 4.74 Å². The highest BCUT2D eigenvalue weighted by Gasteiger charge is 2.52. The first kappa shape index (κ1) is 18.7. The molecule has 8 nitrogen and oxygen atoms in total. The van der Waals surface area contributed by atoms with Gasteiger partial charge in [0, 0.05) is 37.4 Å². The Kier molecular flexibility index (Phi) is 5.21. The largest absolute Gasteiger partial charge is 0.378 e. The normalized spacial score (nSPS) is 21.3. The Hall–Kier alpha value is -2.61. The van der Waals surface area contributed by atoms with Crippen LogP contribution < -0.4 is 15.5 Å². The van der Waals surface area contributed by atoms with E-state index in [1.165, 1.54) is 4.90 Å². The molecule has 4 rings (SSSR count). The fourth-order valence-electron chi connectivity index (χ4n) is 4.21. The van der Waals surface area contributed by atoms with Crippen LogP contribution in [0.5, 0.6) is 0 Å². The van der Waals surface area contributed by atoms with Crippen molar-refractivity contribution in [2.75, 3.05) is 43.1 Å². The molecule has 2 heterocycles. The van der Waals surface area contributed by atoms with Crippen molar-refractivity contribution >= 4 is 29.2 Å². The average molecular weight is 386 g/mol. The summed E-state index contributed by atoms with van der Waals surface area (Å²) >= 11 is 0. The maximum atomic E-state index is 12.6. The predicted molar refractivity (Wildman–Crippen MR) is 104 cm³/mol. The number of nitrogens with one attached hydrogen (secondary N) is 2. The lowest BCUT2D eigenvalue weighted by Gasteiger charge is -2.28. The first-order chi connectivity index (χ1) is 13.6. The van der Waals surface area contributed by atoms with Crippen molar-refractivity contribution in [1.29, 1.82) is 0 Å². The molecule has 0 atom stereocenters. The molecule has 0 bridgehead atoms. The van der Waals surface area contributed by atoms with Crippen molar-refractivity contribution in [2.24, 2.45) is 0 Å². The van der Waals surface area contributed by atoms with Gasteiger partial charge in [0.2, 0.25) is 5.91 Å². The van der Waals surface area contributed by atoms with Gasteiger partial charge in [-0.25, -0.2) is 4.79 Å². The third-order valence-corrected chi connectivity index (χ3v) is 5.79. The Balaban J connectivity index is 1.28. The molecule has 8 heteroatoms. The van der Waals surface area contributed by atoms with Crippen molar-refractivity contribution in [3.63, 3.8) is 0 Å². The third-order valence-electron chi connectivity index (χ3n) is 5.79. The highest BCUT2D eigenvalue weighted by molar-refractivity contribution is 6.07. The summed E-state index contributed by atoms with van der Waals surface area (Å²) in [5, 5.41) is 5.67. The minimum atomic E-state index is -0.719. The fraction of sp³-hybridized carbons (Fsp3) is 0.550. The molecule has 2 saturated heterocycles. The van der Waals surface area contributed by atoms with Gasteiger partial charge in [0.25, 0.3) is 5.91 Å². The molecular weight excluding hydrogens is 360 g/mol. The second kappa shape index (κ2) is 7.79. The number of carbonyl (C=O) groups is 3. The van der Waals surface area contributed by atoms with Gasteiger partial charge in [-0.05, 0) is 37.1 Å². The van der Waals surface area contributed by atoms with E-state index < -0.39 is 5.54 Å². The molecule has 1 saturated carbocycles. The number of carbonyl (C=O) groups excluding carboxylic acids is 3. The van der Waals surface area contributed by atoms with Crippen molar-refractivity contribution in [2.45, 2.75) is 37.6 Å². The Bertz CT molecular complexity index is 752. The fourth-order valence-corrected chi connectivity index (χ4v) is 4.21. The molecule has 2 N–H and O–H groups in total. The maximum absolute atomic E-state index is 12.6. The summed E-state index contributed by atoms with van der Waals surface area (Å²) in [6, 6.07) is 7.30. The third kappa shape index (κ3) is 3.69. The number of hydrogen-bond acceptors (Lipinski definition) is 5. The summed E-state index contributed by atoms with van der Waals surface area (Å²) in [5.74, 6) is -0.398. The van der Waals surface area contributed by atoms with Gasteiger partial charge >= 0.3 is 6.03 Å². The van der Waals surface area contributed by atoms with Gasteiger partial charge in [0.1, 0.15) is 5.54 Å². The van der Waals surface area contributed by atoms with Crippen LogP contribution in [0.2, 0.25) is 0 Å². The molecule has 150 valence electrons. The van der Waals surface area contributed by atoms with Crippen molar-refractivity contribution < 1.29 is 19.1 Å². The van der Waals surface area contributed by atoms with Crippen LogP contribution in [-0.2, 0) is 14.3 Å². The smallest absolute Gasteiger partial charge is 0.325 e. The lowest BCUT2D eigenvalue weighted by Crippen LogP contribution is -2.44. The minimum absolute atomic E-state index is 0.0838. The molecule has 4 amide bonds. The lowest BCUT2D eigenvalue weighted by molar-refractivity contribution is -0.131. The highest BCUT2D eigenvalue weighted by atomic mass is 16.5. The quantitative estimate of drug-likeness (QED) is 0.752. The Morgan fingerprint density at radius 3 is 2.46 bits per heavy atom. The van der Waals surface area contributed by atoms with Gasteiger partial charge < -0.3 is 20.3 Å². The average Bonchev–Trinajstić information content (AvgIpc) is 3.27. The predicted octanol–water partition coefficient (Wildman–Crippen LogP) is 1.72. The molecule has 0 radical (unpaired) electrons. The summed E-state index contributed by atoms with van der Waals surface area (Å²) < 4.78 is 5.36. The van der Waals surface area contributed by atoms with Crippen LogP contribution in [0.25, 0.3) is 0 Å². The SMILES string of the molecule is O=C(CCN1C(=O)NC2(CCCC2)C1=O)Nc1ccc(N2CCOCC2)cc1. The van der Waals surface area contributed by atoms with Crippen LogP contribution in [0.15, 0.2) is 24.3 Å². The summed E-state index contributed by atoms with van der Waals surface area (Å²) in [6.45, 7) is 3.27. The van der Waals surface area contributed by atoms with Crippen molar-refractivity contribution in [3.05, 3.63) is 24.3 Å². The second-order valence-corrected chi connectivity index (χ2v) is 7.62. The van der Waals surface area contributed by atoms with Gasteiger partial charge in [-0.1, -0.05) is 12.8 Å². The number of urea groups is 1. The van der Waals surface area contributed by atoms with Crippen LogP contribution in [-0.4, -0.2) is 61.1 Å². The summed E-state index contributed by atoms with van der Waals surface area (Å²) in [7, 11) is 0. The molecular formula is C20H26N4O4. The Morgan fingerprint density at radius 2 is 1.79 bits per heavy atom. The van der Waals surface area contributed by atoms with Crippen LogP contribution >= 0.6 is 0 Å². The monoisotopic (exact) mass is 386 g/mol. The number of hydrogen-bond donors (Lipinski definition) is 2. The first-order valence-corrected chi connectivity index (χ1v) is 9.94. The Morgan fingerprint density at radius 1 is 1.11 bits per heavy atom. The van der Waals surface area contributed by atoms with Gasteiger partial charge in [-0.15, -0.1) is 0 Å². The number of amides is 4. The highest BCUT2D eigenvalue weighted by Crippen LogP contribution is 2.35. The van der Waals surface area contributed by atoms with E-state index in [-0.39, 0.29) is 30.8 Å². The van der Waals surface area contributed by atoms with Crippen molar-refractivity contribution in [1.82, 2.24) is 10.2 Å². The molecule has 0 aromatic heterocycles. The van der Waals surface area contributed by atoms with Gasteiger partial charge in [-0.2, -0.15) is 0 Å². The van der Waals surface area contributed by atoms with Crippen molar-refractivity contribution in [3.8, 4) is 0 Å². The molecule has 1 aromatic carbocycles. The maximum Gasteiger partial charge on any atom is 0.325 e. The number of morpholine rings is 1. The zero-order valence-corrected chi connectivity index (χ0v) is 15.9. The summed E-state index contributed by atoms with van der Waals surface area (Å²) in [4.78, 5) is 40.5. The molecule has 0 unspecified atom stereocenters. The lowest BCUT2D eigenvalue weighted by atomic mass is 9.98. The van der Waals surface area contributed by atoms with E-state index in [0.717, 1.165) is 44.8 Å². The van der Waals surface area contributed by atoms with Crippen LogP contribution in [0.4, 0.5) is 16.2 Å². The van der Waals surface area contributed by atoms with Crippen LogP contribution in [0.3, 0.4) is 0 Å². The number of imide groups is 1. The molecule has 1 aliphatic carbocycles. The van der Waals surface area contributed by atoms with E-state index in [2.05, 4.69) is 15.5 Å². The van der Waals surface area contributed by atoms with Gasteiger partial charge in [0.15, 0.2) is 0 Å². The van der Waals surface area contributed by atoms with Crippen LogP contribution in [0, 0.1) is 0 Å². The van der Waals surface area contributed by atoms with Gasteiger partial charge in [-0.3, -0.25) is 14.5 Å². The number of anilines is 2. The zero-order chi connectivity index (χ0) is 19.6. The van der Waals surface area contributed by atoms with E-state index in [0.29, 0.717) is 18.5 Å². The molecule has 3 aliphatic rings. The van der Waals surface area contributed by atoms with E-state index in [9.17, 15) is 14.4 Å². The number of nitrogens with zero attached hydrogens (tertiary/aromatic N) is 2. The molecule has 3 fully saturated rings. The zero-order valence-electron chi connectivity index (χ0n) is 15.9. The number of rotatable bonds is 5. The topological polar surface area (TPSA) is 91.0 Å². The van der Waals surface area contributed by atoms with Crippen LogP contribution in [0.1, 0.15) is 32.1 Å².